The summed E-state index contributed by atoms with van der Waals surface area (Å²) in [5.41, 5.74) is 4.42. The number of aliphatic hydroxyl groups is 1. The summed E-state index contributed by atoms with van der Waals surface area (Å²) in [7, 11) is 0. The molecule has 0 aliphatic rings. The summed E-state index contributed by atoms with van der Waals surface area (Å²) in [6.07, 6.45) is 2.86. The molecule has 1 aromatic carbocycles. The van der Waals surface area contributed by atoms with Crippen LogP contribution in [0.1, 0.15) is 40.7 Å². The minimum Gasteiger partial charge on any atom is -0.388 e. The molecule has 0 fully saturated rings. The highest BCUT2D eigenvalue weighted by Crippen LogP contribution is 2.25. The molecule has 18 heavy (non-hydrogen) atoms. The van der Waals surface area contributed by atoms with Gasteiger partial charge in [-0.25, -0.2) is 4.98 Å². The van der Waals surface area contributed by atoms with Crippen LogP contribution in [0, 0.1) is 20.8 Å². The monoisotopic (exact) mass is 244 g/mol. The zero-order chi connectivity index (χ0) is 13.1. The molecule has 0 bridgehead atoms. The van der Waals surface area contributed by atoms with Gasteiger partial charge in [0.05, 0.1) is 6.10 Å². The van der Waals surface area contributed by atoms with Crippen molar-refractivity contribution in [2.75, 3.05) is 0 Å². The van der Waals surface area contributed by atoms with E-state index in [-0.39, 0.29) is 0 Å². The Balaban J connectivity index is 2.06. The first-order valence-corrected chi connectivity index (χ1v) is 6.32. The zero-order valence-electron chi connectivity index (χ0n) is 11.2. The Morgan fingerprint density at radius 3 is 2.44 bits per heavy atom. The van der Waals surface area contributed by atoms with E-state index < -0.39 is 6.10 Å². The molecule has 2 N–H and O–H groups in total. The standard InChI is InChI=1S/C15H20N2O/c1-10-5-4-6-11(2)15(10)13(18)7-8-14-16-9-12(3)17-14/h4-6,9,13,18H,7-8H2,1-3H3,(H,16,17). The quantitative estimate of drug-likeness (QED) is 0.868. The second kappa shape index (κ2) is 5.36. The van der Waals surface area contributed by atoms with Gasteiger partial charge in [-0.15, -0.1) is 0 Å². The topological polar surface area (TPSA) is 48.9 Å². The predicted octanol–water partition coefficient (Wildman–Crippen LogP) is 3.00. The van der Waals surface area contributed by atoms with E-state index in [9.17, 15) is 5.11 Å². The van der Waals surface area contributed by atoms with Gasteiger partial charge in [0.2, 0.25) is 0 Å². The van der Waals surface area contributed by atoms with E-state index in [0.29, 0.717) is 6.42 Å². The van der Waals surface area contributed by atoms with Crippen LogP contribution in [0.2, 0.25) is 0 Å². The first kappa shape index (κ1) is 12.8. The number of aromatic amines is 1. The lowest BCUT2D eigenvalue weighted by Gasteiger charge is -2.15. The summed E-state index contributed by atoms with van der Waals surface area (Å²) in [6, 6.07) is 6.11. The van der Waals surface area contributed by atoms with Crippen LogP contribution in [0.25, 0.3) is 0 Å². The van der Waals surface area contributed by atoms with E-state index in [4.69, 9.17) is 0 Å². The Hall–Kier alpha value is -1.61. The molecular formula is C15H20N2O. The normalized spacial score (nSPS) is 12.7. The van der Waals surface area contributed by atoms with Crippen molar-refractivity contribution >= 4 is 0 Å². The molecule has 0 aliphatic carbocycles. The van der Waals surface area contributed by atoms with Crippen molar-refractivity contribution < 1.29 is 5.11 Å². The third-order valence-electron chi connectivity index (χ3n) is 3.29. The van der Waals surface area contributed by atoms with Gasteiger partial charge >= 0.3 is 0 Å². The molecule has 1 heterocycles. The van der Waals surface area contributed by atoms with Crippen LogP contribution in [0.4, 0.5) is 0 Å². The lowest BCUT2D eigenvalue weighted by Crippen LogP contribution is -2.05. The Morgan fingerprint density at radius 1 is 1.22 bits per heavy atom. The minimum absolute atomic E-state index is 0.420. The van der Waals surface area contributed by atoms with Crippen molar-refractivity contribution in [2.24, 2.45) is 0 Å². The molecular weight excluding hydrogens is 224 g/mol. The Bertz CT molecular complexity index is 511. The molecule has 0 saturated carbocycles. The average Bonchev–Trinajstić information content (AvgIpc) is 2.72. The molecule has 1 unspecified atom stereocenters. The van der Waals surface area contributed by atoms with Crippen molar-refractivity contribution in [3.63, 3.8) is 0 Å². The van der Waals surface area contributed by atoms with Crippen molar-refractivity contribution in [2.45, 2.75) is 39.7 Å². The van der Waals surface area contributed by atoms with E-state index in [2.05, 4.69) is 9.97 Å². The fraction of sp³-hybridized carbons (Fsp3) is 0.400. The molecule has 0 saturated heterocycles. The predicted molar refractivity (Wildman–Crippen MR) is 72.5 cm³/mol. The summed E-state index contributed by atoms with van der Waals surface area (Å²) in [6.45, 7) is 6.07. The van der Waals surface area contributed by atoms with Gasteiger partial charge < -0.3 is 10.1 Å². The van der Waals surface area contributed by atoms with E-state index in [1.807, 2.05) is 45.2 Å². The summed E-state index contributed by atoms with van der Waals surface area (Å²) in [5.74, 6) is 0.942. The number of imidazole rings is 1. The largest absolute Gasteiger partial charge is 0.388 e. The highest BCUT2D eigenvalue weighted by molar-refractivity contribution is 5.35. The Morgan fingerprint density at radius 2 is 1.89 bits per heavy atom. The van der Waals surface area contributed by atoms with Crippen LogP contribution in [-0.2, 0) is 6.42 Å². The Kier molecular flexibility index (Phi) is 3.82. The maximum absolute atomic E-state index is 10.3. The second-order valence-electron chi connectivity index (χ2n) is 4.87. The van der Waals surface area contributed by atoms with Gasteiger partial charge in [0, 0.05) is 18.3 Å². The fourth-order valence-electron chi connectivity index (χ4n) is 2.36. The van der Waals surface area contributed by atoms with Crippen LogP contribution in [-0.4, -0.2) is 15.1 Å². The molecule has 3 heteroatoms. The smallest absolute Gasteiger partial charge is 0.106 e. The number of rotatable bonds is 4. The minimum atomic E-state index is -0.420. The SMILES string of the molecule is Cc1cnc(CCC(O)c2c(C)cccc2C)[nH]1. The van der Waals surface area contributed by atoms with E-state index in [1.54, 1.807) is 0 Å². The first-order chi connectivity index (χ1) is 8.58. The van der Waals surface area contributed by atoms with Gasteiger partial charge in [-0.3, -0.25) is 0 Å². The van der Waals surface area contributed by atoms with Crippen LogP contribution >= 0.6 is 0 Å². The second-order valence-corrected chi connectivity index (χ2v) is 4.87. The lowest BCUT2D eigenvalue weighted by molar-refractivity contribution is 0.165. The molecule has 1 atom stereocenters. The van der Waals surface area contributed by atoms with Crippen molar-refractivity contribution in [3.8, 4) is 0 Å². The van der Waals surface area contributed by atoms with Crippen molar-refractivity contribution in [3.05, 3.63) is 52.6 Å². The molecule has 0 spiro atoms. The molecule has 2 rings (SSSR count). The van der Waals surface area contributed by atoms with Crippen LogP contribution < -0.4 is 0 Å². The number of nitrogens with zero attached hydrogens (tertiary/aromatic N) is 1. The van der Waals surface area contributed by atoms with E-state index in [1.165, 1.54) is 0 Å². The summed E-state index contributed by atoms with van der Waals surface area (Å²) >= 11 is 0. The third kappa shape index (κ3) is 2.79. The van der Waals surface area contributed by atoms with Gasteiger partial charge in [0.1, 0.15) is 5.82 Å². The maximum Gasteiger partial charge on any atom is 0.106 e. The molecule has 3 nitrogen and oxygen atoms in total. The number of H-pyrrole nitrogens is 1. The first-order valence-electron chi connectivity index (χ1n) is 6.32. The van der Waals surface area contributed by atoms with E-state index in [0.717, 1.165) is 34.6 Å². The lowest BCUT2D eigenvalue weighted by atomic mass is 9.95. The molecule has 0 amide bonds. The summed E-state index contributed by atoms with van der Waals surface area (Å²) in [4.78, 5) is 7.45. The molecule has 2 aromatic rings. The van der Waals surface area contributed by atoms with Crippen molar-refractivity contribution in [1.82, 2.24) is 9.97 Å². The number of aromatic nitrogens is 2. The van der Waals surface area contributed by atoms with Crippen LogP contribution in [0.5, 0.6) is 0 Å². The summed E-state index contributed by atoms with van der Waals surface area (Å²) < 4.78 is 0. The zero-order valence-corrected chi connectivity index (χ0v) is 11.2. The van der Waals surface area contributed by atoms with E-state index >= 15 is 0 Å². The van der Waals surface area contributed by atoms with Gasteiger partial charge in [0.15, 0.2) is 0 Å². The molecule has 1 aromatic heterocycles. The van der Waals surface area contributed by atoms with Gasteiger partial charge in [-0.2, -0.15) is 0 Å². The molecule has 0 radical (unpaired) electrons. The fourth-order valence-corrected chi connectivity index (χ4v) is 2.36. The van der Waals surface area contributed by atoms with Gasteiger partial charge in [0.25, 0.3) is 0 Å². The van der Waals surface area contributed by atoms with Gasteiger partial charge in [-0.05, 0) is 43.9 Å². The molecule has 96 valence electrons. The van der Waals surface area contributed by atoms with Crippen LogP contribution in [0.3, 0.4) is 0 Å². The summed E-state index contributed by atoms with van der Waals surface area (Å²) in [5, 5.41) is 10.3. The number of hydrogen-bond acceptors (Lipinski definition) is 2. The number of aliphatic hydroxyl groups excluding tert-OH is 1. The third-order valence-corrected chi connectivity index (χ3v) is 3.29. The van der Waals surface area contributed by atoms with Crippen molar-refractivity contribution in [1.29, 1.82) is 0 Å². The highest BCUT2D eigenvalue weighted by atomic mass is 16.3. The number of benzene rings is 1. The number of aryl methyl sites for hydroxylation is 4. The number of hydrogen-bond donors (Lipinski definition) is 2. The molecule has 0 aliphatic heterocycles. The van der Waals surface area contributed by atoms with Crippen LogP contribution in [0.15, 0.2) is 24.4 Å². The maximum atomic E-state index is 10.3. The average molecular weight is 244 g/mol. The number of nitrogens with one attached hydrogen (secondary N) is 1. The van der Waals surface area contributed by atoms with Gasteiger partial charge in [-0.1, -0.05) is 18.2 Å². The Labute approximate surface area is 108 Å². The highest BCUT2D eigenvalue weighted by Gasteiger charge is 2.13.